The molecule has 5 heteroatoms. The van der Waals surface area contributed by atoms with Crippen molar-refractivity contribution in [3.8, 4) is 0 Å². The molecule has 4 rings (SSSR count). The Bertz CT molecular complexity index is 1180. The first-order valence-electron chi connectivity index (χ1n) is 10.0. The van der Waals surface area contributed by atoms with Gasteiger partial charge in [0.15, 0.2) is 0 Å². The predicted molar refractivity (Wildman–Crippen MR) is 124 cm³/mol. The van der Waals surface area contributed by atoms with Crippen LogP contribution in [0.2, 0.25) is 5.02 Å². The van der Waals surface area contributed by atoms with Crippen LogP contribution < -0.4 is 4.31 Å². The molecule has 0 saturated heterocycles. The second-order valence-electron chi connectivity index (χ2n) is 8.93. The van der Waals surface area contributed by atoms with E-state index in [0.29, 0.717) is 16.3 Å². The zero-order valence-corrected chi connectivity index (χ0v) is 19.3. The molecule has 156 valence electrons. The number of sulfonamides is 1. The Kier molecular flexibility index (Phi) is 4.99. The minimum absolute atomic E-state index is 0.311. The largest absolute Gasteiger partial charge is 0.264 e. The molecule has 3 aromatic carbocycles. The molecule has 3 aromatic rings. The SMILES string of the molecule is Cc1ccc(S(=O)(=O)N2c3ccccc3[C@](C)(c3ccc(Cl)cc3)CC2(C)C)cc1. The van der Waals surface area contributed by atoms with Crippen molar-refractivity contribution >= 4 is 27.3 Å². The van der Waals surface area contributed by atoms with Gasteiger partial charge in [0, 0.05) is 10.4 Å². The van der Waals surface area contributed by atoms with Crippen molar-refractivity contribution in [1.29, 1.82) is 0 Å². The third-order valence-electron chi connectivity index (χ3n) is 6.09. The van der Waals surface area contributed by atoms with Gasteiger partial charge in [0.05, 0.1) is 16.1 Å². The van der Waals surface area contributed by atoms with Crippen LogP contribution in [0.3, 0.4) is 0 Å². The maximum atomic E-state index is 13.8. The number of anilines is 1. The number of rotatable bonds is 3. The van der Waals surface area contributed by atoms with Gasteiger partial charge in [-0.05, 0) is 68.7 Å². The van der Waals surface area contributed by atoms with E-state index in [9.17, 15) is 8.42 Å². The summed E-state index contributed by atoms with van der Waals surface area (Å²) in [6, 6.07) is 22.8. The van der Waals surface area contributed by atoms with E-state index in [1.54, 1.807) is 16.4 Å². The molecule has 0 spiro atoms. The number of aryl methyl sites for hydroxylation is 1. The summed E-state index contributed by atoms with van der Waals surface area (Å²) in [6.45, 7) is 8.15. The van der Waals surface area contributed by atoms with Crippen LogP contribution >= 0.6 is 11.6 Å². The number of hydrogen-bond donors (Lipinski definition) is 0. The van der Waals surface area contributed by atoms with E-state index in [-0.39, 0.29) is 5.41 Å². The topological polar surface area (TPSA) is 37.4 Å². The Morgan fingerprint density at radius 1 is 0.867 bits per heavy atom. The Morgan fingerprint density at radius 2 is 1.47 bits per heavy atom. The van der Waals surface area contributed by atoms with E-state index in [0.717, 1.165) is 22.4 Å². The van der Waals surface area contributed by atoms with Crippen molar-refractivity contribution in [1.82, 2.24) is 0 Å². The van der Waals surface area contributed by atoms with Crippen LogP contribution in [0, 0.1) is 6.92 Å². The highest BCUT2D eigenvalue weighted by atomic mass is 35.5. The average Bonchev–Trinajstić information content (AvgIpc) is 2.68. The van der Waals surface area contributed by atoms with Gasteiger partial charge in [-0.1, -0.05) is 66.6 Å². The van der Waals surface area contributed by atoms with Crippen molar-refractivity contribution in [2.45, 2.75) is 50.0 Å². The quantitative estimate of drug-likeness (QED) is 0.478. The van der Waals surface area contributed by atoms with Gasteiger partial charge in [0.25, 0.3) is 10.0 Å². The molecule has 1 aliphatic rings. The van der Waals surface area contributed by atoms with Gasteiger partial charge in [-0.25, -0.2) is 8.42 Å². The van der Waals surface area contributed by atoms with Crippen LogP contribution in [0.5, 0.6) is 0 Å². The zero-order chi connectivity index (χ0) is 21.7. The molecule has 0 unspecified atom stereocenters. The summed E-state index contributed by atoms with van der Waals surface area (Å²) in [6.07, 6.45) is 0.643. The normalized spacial score (nSPS) is 20.6. The maximum absolute atomic E-state index is 13.8. The number of para-hydroxylation sites is 1. The van der Waals surface area contributed by atoms with E-state index in [1.165, 1.54) is 0 Å². The fourth-order valence-electron chi connectivity index (χ4n) is 4.82. The van der Waals surface area contributed by atoms with Crippen molar-refractivity contribution in [2.24, 2.45) is 0 Å². The lowest BCUT2D eigenvalue weighted by molar-refractivity contribution is 0.351. The molecule has 0 N–H and O–H groups in total. The molecule has 1 atom stereocenters. The van der Waals surface area contributed by atoms with Gasteiger partial charge in [0.1, 0.15) is 0 Å². The molecular formula is C25H26ClNO2S. The summed E-state index contributed by atoms with van der Waals surface area (Å²) in [5, 5.41) is 0.689. The molecule has 1 heterocycles. The summed E-state index contributed by atoms with van der Waals surface area (Å²) in [5.41, 5.74) is 2.91. The third-order valence-corrected chi connectivity index (χ3v) is 8.39. The molecule has 0 bridgehead atoms. The lowest BCUT2D eigenvalue weighted by atomic mass is 9.66. The Hall–Kier alpha value is -2.30. The third kappa shape index (κ3) is 3.32. The summed E-state index contributed by atoms with van der Waals surface area (Å²) in [4.78, 5) is 0.311. The highest BCUT2D eigenvalue weighted by Gasteiger charge is 2.49. The summed E-state index contributed by atoms with van der Waals surface area (Å²) < 4.78 is 29.2. The van der Waals surface area contributed by atoms with Crippen molar-refractivity contribution in [2.75, 3.05) is 4.31 Å². The summed E-state index contributed by atoms with van der Waals surface area (Å²) >= 11 is 6.13. The van der Waals surface area contributed by atoms with Gasteiger partial charge in [0.2, 0.25) is 0 Å². The number of halogens is 1. The number of nitrogens with zero attached hydrogens (tertiary/aromatic N) is 1. The molecule has 0 aromatic heterocycles. The van der Waals surface area contributed by atoms with Crippen LogP contribution in [0.4, 0.5) is 5.69 Å². The van der Waals surface area contributed by atoms with Crippen molar-refractivity contribution < 1.29 is 8.42 Å². The Morgan fingerprint density at radius 3 is 2.10 bits per heavy atom. The highest BCUT2D eigenvalue weighted by Crippen LogP contribution is 2.52. The van der Waals surface area contributed by atoms with Gasteiger partial charge < -0.3 is 0 Å². The van der Waals surface area contributed by atoms with Gasteiger partial charge in [-0.2, -0.15) is 0 Å². The lowest BCUT2D eigenvalue weighted by Crippen LogP contribution is -2.55. The molecule has 0 fully saturated rings. The van der Waals surface area contributed by atoms with Gasteiger partial charge >= 0.3 is 0 Å². The molecule has 3 nitrogen and oxygen atoms in total. The zero-order valence-electron chi connectivity index (χ0n) is 17.7. The van der Waals surface area contributed by atoms with E-state index in [1.807, 2.05) is 81.4 Å². The standard InChI is InChI=1S/C25H26ClNO2S/c1-18-9-15-21(16-10-18)30(28,29)27-23-8-6-5-7-22(23)25(4,17-24(27,2)3)19-11-13-20(26)14-12-19/h5-16H,17H2,1-4H3/t25-/m0/s1. The van der Waals surface area contributed by atoms with Crippen LogP contribution in [0.25, 0.3) is 0 Å². The minimum Gasteiger partial charge on any atom is -0.260 e. The monoisotopic (exact) mass is 439 g/mol. The second-order valence-corrected chi connectivity index (χ2v) is 11.2. The van der Waals surface area contributed by atoms with E-state index >= 15 is 0 Å². The number of hydrogen-bond acceptors (Lipinski definition) is 2. The van der Waals surface area contributed by atoms with Crippen LogP contribution in [-0.2, 0) is 15.4 Å². The maximum Gasteiger partial charge on any atom is 0.264 e. The Balaban J connectivity index is 1.93. The van der Waals surface area contributed by atoms with E-state index in [2.05, 4.69) is 6.92 Å². The number of benzene rings is 3. The first kappa shape index (κ1) is 21.0. The first-order valence-corrected chi connectivity index (χ1v) is 11.9. The first-order chi connectivity index (χ1) is 14.1. The summed E-state index contributed by atoms with van der Waals surface area (Å²) in [5.74, 6) is 0. The number of fused-ring (bicyclic) bond motifs is 1. The van der Waals surface area contributed by atoms with Crippen molar-refractivity contribution in [3.63, 3.8) is 0 Å². The molecule has 0 aliphatic carbocycles. The fraction of sp³-hybridized carbons (Fsp3) is 0.280. The van der Waals surface area contributed by atoms with E-state index in [4.69, 9.17) is 11.6 Å². The second kappa shape index (κ2) is 7.14. The minimum atomic E-state index is -3.73. The summed E-state index contributed by atoms with van der Waals surface area (Å²) in [7, 11) is -3.73. The lowest BCUT2D eigenvalue weighted by Gasteiger charge is -2.51. The highest BCUT2D eigenvalue weighted by molar-refractivity contribution is 7.93. The van der Waals surface area contributed by atoms with Gasteiger partial charge in [-0.3, -0.25) is 4.31 Å². The van der Waals surface area contributed by atoms with Crippen LogP contribution in [0.1, 0.15) is 43.9 Å². The molecular weight excluding hydrogens is 414 g/mol. The average molecular weight is 440 g/mol. The molecule has 0 radical (unpaired) electrons. The van der Waals surface area contributed by atoms with Crippen molar-refractivity contribution in [3.05, 3.63) is 94.5 Å². The van der Waals surface area contributed by atoms with Crippen LogP contribution in [0.15, 0.2) is 77.7 Å². The van der Waals surface area contributed by atoms with E-state index < -0.39 is 15.6 Å². The smallest absolute Gasteiger partial charge is 0.260 e. The predicted octanol–water partition coefficient (Wildman–Crippen LogP) is 6.33. The Labute approximate surface area is 184 Å². The van der Waals surface area contributed by atoms with Gasteiger partial charge in [-0.15, -0.1) is 0 Å². The molecule has 0 saturated carbocycles. The fourth-order valence-corrected chi connectivity index (χ4v) is 6.77. The van der Waals surface area contributed by atoms with Crippen LogP contribution in [-0.4, -0.2) is 14.0 Å². The molecule has 0 amide bonds. The molecule has 30 heavy (non-hydrogen) atoms. The molecule has 1 aliphatic heterocycles.